The molecule has 0 aliphatic rings. The van der Waals surface area contributed by atoms with Gasteiger partial charge in [0.05, 0.1) is 25.8 Å². The molecule has 0 spiro atoms. The summed E-state index contributed by atoms with van der Waals surface area (Å²) < 4.78 is 11.0. The molecule has 1 unspecified atom stereocenters. The number of carbonyl (C=O) groups excluding carboxylic acids is 2. The van der Waals surface area contributed by atoms with Crippen LogP contribution in [0.3, 0.4) is 0 Å². The molecule has 0 saturated heterocycles. The number of nitrogens with one attached hydrogen (secondary N) is 2. The molecule has 6 nitrogen and oxygen atoms in total. The standard InChI is InChI=1S/C22H28N2O4/c1-5-27-19-12-11-17(13-20(19)28-6-2)22(26)23-14-21(25)24-16(4)18-10-8-7-9-15(18)3/h7-13,16H,5-6,14H2,1-4H3,(H,23,26)(H,24,25). The third-order valence-electron chi connectivity index (χ3n) is 4.25. The number of hydrogen-bond donors (Lipinski definition) is 2. The molecule has 0 fully saturated rings. The highest BCUT2D eigenvalue weighted by Crippen LogP contribution is 2.28. The second-order valence-electron chi connectivity index (χ2n) is 6.36. The summed E-state index contributed by atoms with van der Waals surface area (Å²) in [5.74, 6) is 0.503. The Hall–Kier alpha value is -3.02. The van der Waals surface area contributed by atoms with Gasteiger partial charge in [-0.1, -0.05) is 24.3 Å². The van der Waals surface area contributed by atoms with E-state index in [4.69, 9.17) is 9.47 Å². The van der Waals surface area contributed by atoms with Crippen molar-refractivity contribution >= 4 is 11.8 Å². The van der Waals surface area contributed by atoms with Crippen LogP contribution in [0, 0.1) is 6.92 Å². The summed E-state index contributed by atoms with van der Waals surface area (Å²) in [6.45, 7) is 8.53. The lowest BCUT2D eigenvalue weighted by Crippen LogP contribution is -2.38. The number of benzene rings is 2. The van der Waals surface area contributed by atoms with E-state index >= 15 is 0 Å². The van der Waals surface area contributed by atoms with Crippen molar-refractivity contribution in [1.29, 1.82) is 0 Å². The van der Waals surface area contributed by atoms with E-state index < -0.39 is 0 Å². The molecule has 0 bridgehead atoms. The fourth-order valence-electron chi connectivity index (χ4n) is 2.90. The van der Waals surface area contributed by atoms with E-state index in [0.29, 0.717) is 30.3 Å². The van der Waals surface area contributed by atoms with E-state index in [1.165, 1.54) is 0 Å². The largest absolute Gasteiger partial charge is 0.490 e. The zero-order valence-corrected chi connectivity index (χ0v) is 16.9. The number of carbonyl (C=O) groups is 2. The minimum atomic E-state index is -0.345. The topological polar surface area (TPSA) is 76.7 Å². The number of hydrogen-bond acceptors (Lipinski definition) is 4. The van der Waals surface area contributed by atoms with Crippen LogP contribution in [-0.2, 0) is 4.79 Å². The van der Waals surface area contributed by atoms with Crippen molar-refractivity contribution in [2.45, 2.75) is 33.7 Å². The average Bonchev–Trinajstić information content (AvgIpc) is 2.68. The third kappa shape index (κ3) is 5.74. The Morgan fingerprint density at radius 2 is 1.68 bits per heavy atom. The van der Waals surface area contributed by atoms with Crippen molar-refractivity contribution in [1.82, 2.24) is 10.6 Å². The number of rotatable bonds is 9. The first-order chi connectivity index (χ1) is 13.5. The van der Waals surface area contributed by atoms with Crippen LogP contribution >= 0.6 is 0 Å². The van der Waals surface area contributed by atoms with Gasteiger partial charge >= 0.3 is 0 Å². The predicted molar refractivity (Wildman–Crippen MR) is 109 cm³/mol. The van der Waals surface area contributed by atoms with Gasteiger partial charge in [0.25, 0.3) is 5.91 Å². The molecule has 2 rings (SSSR count). The normalized spacial score (nSPS) is 11.4. The lowest BCUT2D eigenvalue weighted by atomic mass is 10.0. The quantitative estimate of drug-likeness (QED) is 0.695. The maximum Gasteiger partial charge on any atom is 0.251 e. The van der Waals surface area contributed by atoms with Crippen LogP contribution in [0.5, 0.6) is 11.5 Å². The van der Waals surface area contributed by atoms with Crippen molar-refractivity contribution < 1.29 is 19.1 Å². The van der Waals surface area contributed by atoms with Gasteiger partial charge in [-0.2, -0.15) is 0 Å². The fourth-order valence-corrected chi connectivity index (χ4v) is 2.90. The molecular formula is C22H28N2O4. The summed E-state index contributed by atoms with van der Waals surface area (Å²) in [5.41, 5.74) is 2.57. The van der Waals surface area contributed by atoms with Gasteiger partial charge in [0, 0.05) is 5.56 Å². The first kappa shape index (κ1) is 21.3. The molecule has 150 valence electrons. The van der Waals surface area contributed by atoms with E-state index in [-0.39, 0.29) is 24.4 Å². The molecule has 2 amide bonds. The Kier molecular flexibility index (Phi) is 7.87. The summed E-state index contributed by atoms with van der Waals surface area (Å²) in [6.07, 6.45) is 0. The molecular weight excluding hydrogens is 356 g/mol. The Balaban J connectivity index is 1.95. The van der Waals surface area contributed by atoms with Crippen LogP contribution in [0.4, 0.5) is 0 Å². The maximum absolute atomic E-state index is 12.4. The van der Waals surface area contributed by atoms with E-state index in [1.54, 1.807) is 18.2 Å². The van der Waals surface area contributed by atoms with Crippen LogP contribution in [-0.4, -0.2) is 31.6 Å². The summed E-state index contributed by atoms with van der Waals surface area (Å²) in [5, 5.41) is 5.55. The maximum atomic E-state index is 12.4. The van der Waals surface area contributed by atoms with E-state index in [2.05, 4.69) is 10.6 Å². The van der Waals surface area contributed by atoms with E-state index in [1.807, 2.05) is 52.0 Å². The van der Waals surface area contributed by atoms with Gasteiger partial charge in [-0.3, -0.25) is 9.59 Å². The molecule has 2 aromatic rings. The molecule has 0 heterocycles. The summed E-state index contributed by atoms with van der Waals surface area (Å²) in [7, 11) is 0. The molecule has 0 saturated carbocycles. The highest BCUT2D eigenvalue weighted by molar-refractivity contribution is 5.97. The minimum Gasteiger partial charge on any atom is -0.490 e. The third-order valence-corrected chi connectivity index (χ3v) is 4.25. The van der Waals surface area contributed by atoms with Crippen LogP contribution in [0.2, 0.25) is 0 Å². The highest BCUT2D eigenvalue weighted by atomic mass is 16.5. The molecule has 0 aromatic heterocycles. The van der Waals surface area contributed by atoms with Crippen molar-refractivity contribution in [3.05, 3.63) is 59.2 Å². The highest BCUT2D eigenvalue weighted by Gasteiger charge is 2.14. The first-order valence-electron chi connectivity index (χ1n) is 9.49. The van der Waals surface area contributed by atoms with Crippen molar-refractivity contribution in [2.75, 3.05) is 19.8 Å². The van der Waals surface area contributed by atoms with Gasteiger partial charge in [-0.25, -0.2) is 0 Å². The van der Waals surface area contributed by atoms with Crippen molar-refractivity contribution in [3.8, 4) is 11.5 Å². The van der Waals surface area contributed by atoms with Crippen LogP contribution < -0.4 is 20.1 Å². The van der Waals surface area contributed by atoms with E-state index in [9.17, 15) is 9.59 Å². The number of aryl methyl sites for hydroxylation is 1. The Morgan fingerprint density at radius 3 is 2.36 bits per heavy atom. The smallest absolute Gasteiger partial charge is 0.251 e. The van der Waals surface area contributed by atoms with Crippen molar-refractivity contribution in [2.24, 2.45) is 0 Å². The Bertz CT molecular complexity index is 820. The van der Waals surface area contributed by atoms with Gasteiger partial charge in [0.1, 0.15) is 0 Å². The monoisotopic (exact) mass is 384 g/mol. The zero-order valence-electron chi connectivity index (χ0n) is 16.9. The number of amides is 2. The average molecular weight is 384 g/mol. The lowest BCUT2D eigenvalue weighted by Gasteiger charge is -2.17. The van der Waals surface area contributed by atoms with Crippen molar-refractivity contribution in [3.63, 3.8) is 0 Å². The fraction of sp³-hybridized carbons (Fsp3) is 0.364. The molecule has 2 aromatic carbocycles. The Morgan fingerprint density at radius 1 is 1.00 bits per heavy atom. The Labute approximate surface area is 166 Å². The summed E-state index contributed by atoms with van der Waals surface area (Å²) in [4.78, 5) is 24.6. The molecule has 2 N–H and O–H groups in total. The number of ether oxygens (including phenoxy) is 2. The molecule has 28 heavy (non-hydrogen) atoms. The van der Waals surface area contributed by atoms with Gasteiger partial charge < -0.3 is 20.1 Å². The molecule has 0 radical (unpaired) electrons. The van der Waals surface area contributed by atoms with Crippen LogP contribution in [0.15, 0.2) is 42.5 Å². The van der Waals surface area contributed by atoms with Gasteiger partial charge in [0.15, 0.2) is 11.5 Å². The molecule has 6 heteroatoms. The second kappa shape index (κ2) is 10.3. The van der Waals surface area contributed by atoms with Crippen LogP contribution in [0.1, 0.15) is 48.3 Å². The molecule has 0 aliphatic carbocycles. The van der Waals surface area contributed by atoms with E-state index in [0.717, 1.165) is 11.1 Å². The minimum absolute atomic E-state index is 0.105. The molecule has 0 aliphatic heterocycles. The van der Waals surface area contributed by atoms with Gasteiger partial charge in [0.2, 0.25) is 5.91 Å². The predicted octanol–water partition coefficient (Wildman–Crippen LogP) is 3.40. The lowest BCUT2D eigenvalue weighted by molar-refractivity contribution is -0.120. The summed E-state index contributed by atoms with van der Waals surface area (Å²) >= 11 is 0. The SMILES string of the molecule is CCOc1ccc(C(=O)NCC(=O)NC(C)c2ccccc2C)cc1OCC. The van der Waals surface area contributed by atoms with Gasteiger partial charge in [-0.05, 0) is 57.0 Å². The van der Waals surface area contributed by atoms with Crippen LogP contribution in [0.25, 0.3) is 0 Å². The summed E-state index contributed by atoms with van der Waals surface area (Å²) in [6, 6.07) is 12.7. The first-order valence-corrected chi connectivity index (χ1v) is 9.49. The molecule has 1 atom stereocenters. The zero-order chi connectivity index (χ0) is 20.5. The van der Waals surface area contributed by atoms with Gasteiger partial charge in [-0.15, -0.1) is 0 Å². The second-order valence-corrected chi connectivity index (χ2v) is 6.36.